The smallest absolute Gasteiger partial charge is 0.267 e. The molecule has 0 radical (unpaired) electrons. The second-order valence-corrected chi connectivity index (χ2v) is 5.13. The molecule has 0 unspecified atom stereocenters. The zero-order chi connectivity index (χ0) is 15.4. The van der Waals surface area contributed by atoms with E-state index in [2.05, 4.69) is 22.5 Å². The van der Waals surface area contributed by atoms with Gasteiger partial charge in [0.25, 0.3) is 5.91 Å². The van der Waals surface area contributed by atoms with E-state index in [0.717, 1.165) is 12.1 Å². The summed E-state index contributed by atoms with van der Waals surface area (Å²) in [4.78, 5) is 12.0. The van der Waals surface area contributed by atoms with E-state index in [4.69, 9.17) is 0 Å². The van der Waals surface area contributed by atoms with Crippen molar-refractivity contribution in [1.29, 1.82) is 0 Å². The molecular formula is C17H18N4O. The largest absolute Gasteiger partial charge is 0.350 e. The normalized spacial score (nSPS) is 10.6. The minimum atomic E-state index is -0.0411. The number of aromatic nitrogens is 3. The fourth-order valence-corrected chi connectivity index (χ4v) is 2.34. The third kappa shape index (κ3) is 3.09. The zero-order valence-corrected chi connectivity index (χ0v) is 12.4. The Balaban J connectivity index is 1.54. The Morgan fingerprint density at radius 2 is 1.95 bits per heavy atom. The number of nitrogens with one attached hydrogen (secondary N) is 1. The molecule has 0 bridgehead atoms. The van der Waals surface area contributed by atoms with Gasteiger partial charge in [0.15, 0.2) is 0 Å². The van der Waals surface area contributed by atoms with Crippen molar-refractivity contribution < 1.29 is 4.79 Å². The molecule has 2 aromatic heterocycles. The quantitative estimate of drug-likeness (QED) is 0.784. The molecule has 3 aromatic rings. The van der Waals surface area contributed by atoms with Crippen LogP contribution in [0.1, 0.15) is 16.1 Å². The van der Waals surface area contributed by atoms with Crippen LogP contribution in [0.5, 0.6) is 0 Å². The van der Waals surface area contributed by atoms with E-state index in [1.807, 2.05) is 59.0 Å². The van der Waals surface area contributed by atoms with Crippen LogP contribution in [-0.4, -0.2) is 26.8 Å². The predicted molar refractivity (Wildman–Crippen MR) is 85.0 cm³/mol. The molecule has 1 N–H and O–H groups in total. The molecule has 0 aliphatic carbocycles. The summed E-state index contributed by atoms with van der Waals surface area (Å²) in [6, 6.07) is 13.8. The summed E-state index contributed by atoms with van der Waals surface area (Å²) in [5, 5.41) is 7.13. The highest BCUT2D eigenvalue weighted by Gasteiger charge is 2.07. The van der Waals surface area contributed by atoms with E-state index < -0.39 is 0 Å². The Morgan fingerprint density at radius 3 is 2.59 bits per heavy atom. The van der Waals surface area contributed by atoms with Crippen LogP contribution in [0.25, 0.3) is 5.69 Å². The average molecular weight is 294 g/mol. The lowest BCUT2D eigenvalue weighted by Gasteiger charge is -2.07. The molecule has 1 aromatic carbocycles. The molecule has 22 heavy (non-hydrogen) atoms. The lowest BCUT2D eigenvalue weighted by Crippen LogP contribution is -2.27. The van der Waals surface area contributed by atoms with Crippen molar-refractivity contribution in [1.82, 2.24) is 19.7 Å². The predicted octanol–water partition coefficient (Wildman–Crippen LogP) is 2.18. The number of hydrogen-bond donors (Lipinski definition) is 1. The number of carbonyl (C=O) groups excluding carboxylic acids is 1. The molecule has 0 aliphatic heterocycles. The number of nitrogens with zero attached hydrogens (tertiary/aromatic N) is 3. The van der Waals surface area contributed by atoms with E-state index in [0.29, 0.717) is 12.2 Å². The lowest BCUT2D eigenvalue weighted by atomic mass is 10.1. The van der Waals surface area contributed by atoms with E-state index >= 15 is 0 Å². The number of amides is 1. The van der Waals surface area contributed by atoms with Crippen molar-refractivity contribution in [2.24, 2.45) is 7.05 Å². The van der Waals surface area contributed by atoms with Gasteiger partial charge in [-0.3, -0.25) is 4.79 Å². The van der Waals surface area contributed by atoms with E-state index in [1.165, 1.54) is 5.56 Å². The molecular weight excluding hydrogens is 276 g/mol. The Kier molecular flexibility index (Phi) is 4.05. The first-order valence-electron chi connectivity index (χ1n) is 7.22. The van der Waals surface area contributed by atoms with Crippen LogP contribution in [0.4, 0.5) is 0 Å². The molecule has 0 aliphatic rings. The van der Waals surface area contributed by atoms with Gasteiger partial charge in [0.2, 0.25) is 0 Å². The van der Waals surface area contributed by atoms with Gasteiger partial charge >= 0.3 is 0 Å². The number of benzene rings is 1. The van der Waals surface area contributed by atoms with Crippen molar-refractivity contribution in [3.8, 4) is 5.69 Å². The summed E-state index contributed by atoms with van der Waals surface area (Å²) in [5.41, 5.74) is 2.89. The van der Waals surface area contributed by atoms with Crippen molar-refractivity contribution in [3.05, 3.63) is 72.3 Å². The summed E-state index contributed by atoms with van der Waals surface area (Å²) in [7, 11) is 1.86. The third-order valence-corrected chi connectivity index (χ3v) is 3.58. The van der Waals surface area contributed by atoms with Gasteiger partial charge in [-0.15, -0.1) is 0 Å². The van der Waals surface area contributed by atoms with Gasteiger partial charge in [0.05, 0.1) is 5.69 Å². The number of carbonyl (C=O) groups is 1. The minimum Gasteiger partial charge on any atom is -0.350 e. The number of aryl methyl sites for hydroxylation is 1. The van der Waals surface area contributed by atoms with E-state index in [9.17, 15) is 4.79 Å². The summed E-state index contributed by atoms with van der Waals surface area (Å²) >= 11 is 0. The summed E-state index contributed by atoms with van der Waals surface area (Å²) in [5.74, 6) is -0.0411. The van der Waals surface area contributed by atoms with E-state index in [-0.39, 0.29) is 5.91 Å². The van der Waals surface area contributed by atoms with Gasteiger partial charge < -0.3 is 9.88 Å². The van der Waals surface area contributed by atoms with Crippen LogP contribution in [-0.2, 0) is 13.5 Å². The van der Waals surface area contributed by atoms with Crippen LogP contribution in [0.3, 0.4) is 0 Å². The van der Waals surface area contributed by atoms with E-state index in [1.54, 1.807) is 6.20 Å². The third-order valence-electron chi connectivity index (χ3n) is 3.58. The first-order valence-corrected chi connectivity index (χ1v) is 7.22. The molecule has 0 spiro atoms. The number of rotatable bonds is 5. The summed E-state index contributed by atoms with van der Waals surface area (Å²) in [6.07, 6.45) is 6.33. The second-order valence-electron chi connectivity index (χ2n) is 5.13. The SMILES string of the molecule is Cn1cccc1C(=O)NCCc1ccc(-n2cccn2)cc1. The van der Waals surface area contributed by atoms with Gasteiger partial charge in [-0.05, 0) is 42.3 Å². The minimum absolute atomic E-state index is 0.0411. The van der Waals surface area contributed by atoms with Gasteiger partial charge in [0, 0.05) is 32.2 Å². The van der Waals surface area contributed by atoms with Crippen LogP contribution < -0.4 is 5.32 Å². The molecule has 1 amide bonds. The van der Waals surface area contributed by atoms with Crippen LogP contribution >= 0.6 is 0 Å². The van der Waals surface area contributed by atoms with Crippen molar-refractivity contribution in [2.75, 3.05) is 6.54 Å². The van der Waals surface area contributed by atoms with Crippen molar-refractivity contribution >= 4 is 5.91 Å². The molecule has 2 heterocycles. The fourth-order valence-electron chi connectivity index (χ4n) is 2.34. The first-order chi connectivity index (χ1) is 10.7. The monoisotopic (exact) mass is 294 g/mol. The highest BCUT2D eigenvalue weighted by atomic mass is 16.1. The average Bonchev–Trinajstić information content (AvgIpc) is 3.19. The van der Waals surface area contributed by atoms with Gasteiger partial charge in [-0.2, -0.15) is 5.10 Å². The zero-order valence-electron chi connectivity index (χ0n) is 12.4. The second kappa shape index (κ2) is 6.30. The van der Waals surface area contributed by atoms with Crippen molar-refractivity contribution in [3.63, 3.8) is 0 Å². The lowest BCUT2D eigenvalue weighted by molar-refractivity contribution is 0.0946. The standard InChI is InChI=1S/C17H18N4O/c1-20-12-2-4-16(20)17(22)18-11-9-14-5-7-15(8-6-14)21-13-3-10-19-21/h2-8,10,12-13H,9,11H2,1H3,(H,18,22). The Labute approximate surface area is 129 Å². The Hall–Kier alpha value is -2.82. The highest BCUT2D eigenvalue weighted by molar-refractivity contribution is 5.92. The summed E-state index contributed by atoms with van der Waals surface area (Å²) in [6.45, 7) is 0.616. The van der Waals surface area contributed by atoms with Crippen LogP contribution in [0.15, 0.2) is 61.1 Å². The maximum Gasteiger partial charge on any atom is 0.267 e. The number of hydrogen-bond acceptors (Lipinski definition) is 2. The van der Waals surface area contributed by atoms with Crippen LogP contribution in [0.2, 0.25) is 0 Å². The maximum atomic E-state index is 12.0. The van der Waals surface area contributed by atoms with Crippen molar-refractivity contribution in [2.45, 2.75) is 6.42 Å². The van der Waals surface area contributed by atoms with Gasteiger partial charge in [-0.1, -0.05) is 12.1 Å². The molecule has 0 atom stereocenters. The molecule has 0 saturated heterocycles. The molecule has 5 heteroatoms. The molecule has 3 rings (SSSR count). The molecule has 0 saturated carbocycles. The first kappa shape index (κ1) is 14.1. The Bertz CT molecular complexity index is 741. The van der Waals surface area contributed by atoms with Crippen LogP contribution in [0, 0.1) is 0 Å². The molecule has 5 nitrogen and oxygen atoms in total. The topological polar surface area (TPSA) is 51.9 Å². The van der Waals surface area contributed by atoms with Gasteiger partial charge in [-0.25, -0.2) is 4.68 Å². The molecule has 112 valence electrons. The molecule has 0 fully saturated rings. The Morgan fingerprint density at radius 1 is 1.14 bits per heavy atom. The van der Waals surface area contributed by atoms with Gasteiger partial charge in [0.1, 0.15) is 5.69 Å². The highest BCUT2D eigenvalue weighted by Crippen LogP contribution is 2.09. The fraction of sp³-hybridized carbons (Fsp3) is 0.176. The maximum absolute atomic E-state index is 12.0. The summed E-state index contributed by atoms with van der Waals surface area (Å²) < 4.78 is 3.63.